The predicted octanol–water partition coefficient (Wildman–Crippen LogP) is 2.32. The molecular weight excluding hydrogens is 136 g/mol. The van der Waals surface area contributed by atoms with Crippen LogP contribution in [0, 0.1) is 11.3 Å². The molecule has 1 heteroatoms. The highest BCUT2D eigenvalue weighted by Gasteiger charge is 2.41. The molecule has 0 aromatic rings. The van der Waals surface area contributed by atoms with Crippen molar-refractivity contribution in [3.63, 3.8) is 0 Å². The number of allylic oxidation sites excluding steroid dienone is 2. The lowest BCUT2D eigenvalue weighted by atomic mass is 9.63. The van der Waals surface area contributed by atoms with Gasteiger partial charge in [0.1, 0.15) is 5.78 Å². The first-order valence-electron chi connectivity index (χ1n) is 4.34. The van der Waals surface area contributed by atoms with E-state index in [1.165, 1.54) is 12.0 Å². The van der Waals surface area contributed by atoms with Gasteiger partial charge >= 0.3 is 0 Å². The molecule has 0 amide bonds. The zero-order valence-electron chi connectivity index (χ0n) is 7.18. The van der Waals surface area contributed by atoms with Crippen LogP contribution in [0.3, 0.4) is 0 Å². The molecule has 2 atom stereocenters. The number of hydrogen-bond acceptors (Lipinski definition) is 1. The molecular formula is C10H14O. The number of carbonyl (C=O) groups is 1. The molecule has 2 bridgehead atoms. The van der Waals surface area contributed by atoms with E-state index in [0.717, 1.165) is 12.8 Å². The van der Waals surface area contributed by atoms with Gasteiger partial charge in [0.15, 0.2) is 0 Å². The summed E-state index contributed by atoms with van der Waals surface area (Å²) in [5.74, 6) is 1.05. The van der Waals surface area contributed by atoms with E-state index in [-0.39, 0.29) is 5.41 Å². The minimum absolute atomic E-state index is 0.0845. The van der Waals surface area contributed by atoms with Crippen molar-refractivity contribution < 1.29 is 4.79 Å². The molecule has 1 nitrogen and oxygen atoms in total. The molecule has 0 saturated heterocycles. The van der Waals surface area contributed by atoms with Gasteiger partial charge in [0.05, 0.1) is 0 Å². The third-order valence-electron chi connectivity index (χ3n) is 3.27. The normalized spacial score (nSPS) is 42.5. The fourth-order valence-electron chi connectivity index (χ4n) is 2.33. The lowest BCUT2D eigenvalue weighted by Crippen LogP contribution is -2.38. The first kappa shape index (κ1) is 7.08. The van der Waals surface area contributed by atoms with Crippen molar-refractivity contribution in [3.05, 3.63) is 11.6 Å². The Morgan fingerprint density at radius 3 is 2.73 bits per heavy atom. The fraction of sp³-hybridized carbons (Fsp3) is 0.700. The first-order chi connectivity index (χ1) is 5.12. The number of ketones is 1. The highest BCUT2D eigenvalue weighted by molar-refractivity contribution is 5.89. The van der Waals surface area contributed by atoms with Crippen LogP contribution in [-0.4, -0.2) is 5.78 Å². The lowest BCUT2D eigenvalue weighted by Gasteiger charge is -2.40. The summed E-state index contributed by atoms with van der Waals surface area (Å²) in [7, 11) is 0. The Hall–Kier alpha value is -0.590. The molecule has 11 heavy (non-hydrogen) atoms. The van der Waals surface area contributed by atoms with Crippen LogP contribution in [0.15, 0.2) is 11.6 Å². The molecule has 0 aliphatic heterocycles. The Morgan fingerprint density at radius 1 is 1.64 bits per heavy atom. The maximum atomic E-state index is 11.5. The second-order valence-electron chi connectivity index (χ2n) is 4.17. The van der Waals surface area contributed by atoms with E-state index in [9.17, 15) is 4.79 Å². The number of fused-ring (bicyclic) bond motifs is 2. The summed E-state index contributed by atoms with van der Waals surface area (Å²) in [4.78, 5) is 11.5. The summed E-state index contributed by atoms with van der Waals surface area (Å²) in [6.07, 6.45) is 5.30. The average molecular weight is 150 g/mol. The van der Waals surface area contributed by atoms with Crippen LogP contribution in [0.1, 0.15) is 33.1 Å². The minimum atomic E-state index is -0.0845. The van der Waals surface area contributed by atoms with Crippen molar-refractivity contribution >= 4 is 5.78 Å². The molecule has 1 saturated carbocycles. The van der Waals surface area contributed by atoms with Gasteiger partial charge in [-0.15, -0.1) is 0 Å². The highest BCUT2D eigenvalue weighted by Crippen LogP contribution is 2.45. The van der Waals surface area contributed by atoms with Crippen molar-refractivity contribution in [1.29, 1.82) is 0 Å². The van der Waals surface area contributed by atoms with Gasteiger partial charge in [-0.2, -0.15) is 0 Å². The van der Waals surface area contributed by atoms with Crippen LogP contribution in [0.2, 0.25) is 0 Å². The van der Waals surface area contributed by atoms with E-state index in [1.54, 1.807) is 0 Å². The third-order valence-corrected chi connectivity index (χ3v) is 3.27. The molecule has 0 unspecified atom stereocenters. The van der Waals surface area contributed by atoms with Gasteiger partial charge in [0.25, 0.3) is 0 Å². The lowest BCUT2D eigenvalue weighted by molar-refractivity contribution is -0.129. The van der Waals surface area contributed by atoms with Gasteiger partial charge in [0.2, 0.25) is 0 Å². The quantitative estimate of drug-likeness (QED) is 0.484. The summed E-state index contributed by atoms with van der Waals surface area (Å²) >= 11 is 0. The van der Waals surface area contributed by atoms with E-state index in [4.69, 9.17) is 0 Å². The zero-order chi connectivity index (χ0) is 8.06. The topological polar surface area (TPSA) is 17.1 Å². The standard InChI is InChI=1S/C10H14O/c1-7-6-10(2)4-3-8(7)5-9(10)11/h6,8H,3-5H2,1-2H3/t8-,10-/m0/s1. The van der Waals surface area contributed by atoms with E-state index in [0.29, 0.717) is 11.7 Å². The Morgan fingerprint density at radius 2 is 2.36 bits per heavy atom. The van der Waals surface area contributed by atoms with Crippen LogP contribution in [0.5, 0.6) is 0 Å². The molecule has 1 fully saturated rings. The van der Waals surface area contributed by atoms with Crippen LogP contribution in [-0.2, 0) is 4.79 Å². The molecule has 0 aromatic carbocycles. The molecule has 0 aromatic heterocycles. The monoisotopic (exact) mass is 150 g/mol. The second kappa shape index (κ2) is 1.96. The third kappa shape index (κ3) is 0.867. The van der Waals surface area contributed by atoms with Crippen molar-refractivity contribution in [3.8, 4) is 0 Å². The first-order valence-corrected chi connectivity index (χ1v) is 4.34. The van der Waals surface area contributed by atoms with Gasteiger partial charge in [0, 0.05) is 11.8 Å². The van der Waals surface area contributed by atoms with E-state index in [2.05, 4.69) is 19.9 Å². The molecule has 3 aliphatic carbocycles. The maximum Gasteiger partial charge on any atom is 0.143 e. The summed E-state index contributed by atoms with van der Waals surface area (Å²) in [5.41, 5.74) is 1.36. The molecule has 0 spiro atoms. The maximum absolute atomic E-state index is 11.5. The fourth-order valence-corrected chi connectivity index (χ4v) is 2.33. The van der Waals surface area contributed by atoms with Gasteiger partial charge in [-0.1, -0.05) is 11.6 Å². The van der Waals surface area contributed by atoms with Crippen LogP contribution in [0.4, 0.5) is 0 Å². The molecule has 0 heterocycles. The molecule has 0 N–H and O–H groups in total. The molecule has 60 valence electrons. The number of hydrogen-bond donors (Lipinski definition) is 0. The van der Waals surface area contributed by atoms with E-state index < -0.39 is 0 Å². The number of carbonyl (C=O) groups excluding carboxylic acids is 1. The van der Waals surface area contributed by atoms with Crippen molar-refractivity contribution in [2.45, 2.75) is 33.1 Å². The largest absolute Gasteiger partial charge is 0.299 e. The summed E-state index contributed by atoms with van der Waals surface area (Å²) in [6.45, 7) is 4.24. The second-order valence-corrected chi connectivity index (χ2v) is 4.17. The molecule has 3 rings (SSSR count). The van der Waals surface area contributed by atoms with Crippen molar-refractivity contribution in [2.75, 3.05) is 0 Å². The highest BCUT2D eigenvalue weighted by atomic mass is 16.1. The Labute approximate surface area is 67.5 Å². The smallest absolute Gasteiger partial charge is 0.143 e. The van der Waals surface area contributed by atoms with Crippen molar-refractivity contribution in [2.24, 2.45) is 11.3 Å². The van der Waals surface area contributed by atoms with Gasteiger partial charge < -0.3 is 0 Å². The Balaban J connectivity index is 2.44. The zero-order valence-corrected chi connectivity index (χ0v) is 7.18. The van der Waals surface area contributed by atoms with E-state index in [1.807, 2.05) is 0 Å². The average Bonchev–Trinajstić information content (AvgIpc) is 1.92. The van der Waals surface area contributed by atoms with Crippen LogP contribution >= 0.6 is 0 Å². The predicted molar refractivity (Wildman–Crippen MR) is 44.2 cm³/mol. The SMILES string of the molecule is CC1=C[C@]2(C)CC[C@H]1CC2=O. The van der Waals surface area contributed by atoms with Gasteiger partial charge in [-0.25, -0.2) is 0 Å². The van der Waals surface area contributed by atoms with Gasteiger partial charge in [-0.05, 0) is 32.6 Å². The summed E-state index contributed by atoms with van der Waals surface area (Å²) in [6, 6.07) is 0. The molecule has 0 radical (unpaired) electrons. The molecule has 3 aliphatic rings. The summed E-state index contributed by atoms with van der Waals surface area (Å²) < 4.78 is 0. The van der Waals surface area contributed by atoms with Crippen molar-refractivity contribution in [1.82, 2.24) is 0 Å². The van der Waals surface area contributed by atoms with E-state index >= 15 is 0 Å². The Kier molecular flexibility index (Phi) is 1.26. The Bertz CT molecular complexity index is 239. The number of Topliss-reactive ketones (excluding diaryl/α,β-unsaturated/α-hetero) is 1. The minimum Gasteiger partial charge on any atom is -0.299 e. The number of rotatable bonds is 0. The van der Waals surface area contributed by atoms with Crippen LogP contribution in [0.25, 0.3) is 0 Å². The van der Waals surface area contributed by atoms with Crippen LogP contribution < -0.4 is 0 Å². The van der Waals surface area contributed by atoms with Gasteiger partial charge in [-0.3, -0.25) is 4.79 Å². The summed E-state index contributed by atoms with van der Waals surface area (Å²) in [5, 5.41) is 0.